The molecular formula is C23H28N2O2. The van der Waals surface area contributed by atoms with Crippen molar-refractivity contribution in [3.63, 3.8) is 0 Å². The van der Waals surface area contributed by atoms with Crippen LogP contribution in [0.15, 0.2) is 54.6 Å². The van der Waals surface area contributed by atoms with Crippen LogP contribution in [0.2, 0.25) is 0 Å². The van der Waals surface area contributed by atoms with Gasteiger partial charge in [-0.25, -0.2) is 0 Å². The third-order valence-corrected chi connectivity index (χ3v) is 5.10. The lowest BCUT2D eigenvalue weighted by atomic mass is 10.1. The summed E-state index contributed by atoms with van der Waals surface area (Å²) in [7, 11) is 0. The Balaban J connectivity index is 1.72. The van der Waals surface area contributed by atoms with Crippen molar-refractivity contribution in [3.8, 4) is 0 Å². The molecule has 0 N–H and O–H groups in total. The summed E-state index contributed by atoms with van der Waals surface area (Å²) in [5, 5.41) is 0. The first kappa shape index (κ1) is 19.2. The fourth-order valence-corrected chi connectivity index (χ4v) is 3.47. The lowest BCUT2D eigenvalue weighted by Crippen LogP contribution is -2.37. The number of benzene rings is 2. The molecule has 142 valence electrons. The Morgan fingerprint density at radius 3 is 2.07 bits per heavy atom. The van der Waals surface area contributed by atoms with E-state index in [9.17, 15) is 9.59 Å². The van der Waals surface area contributed by atoms with Gasteiger partial charge in [-0.2, -0.15) is 0 Å². The number of carbonyl (C=O) groups excluding carboxylic acids is 2. The van der Waals surface area contributed by atoms with Crippen LogP contribution in [0.1, 0.15) is 59.4 Å². The first-order valence-electron chi connectivity index (χ1n) is 9.80. The maximum atomic E-state index is 13.0. The highest BCUT2D eigenvalue weighted by Crippen LogP contribution is 2.17. The number of likely N-dealkylation sites (tertiary alicyclic amines) is 1. The molecule has 0 saturated carbocycles. The van der Waals surface area contributed by atoms with Gasteiger partial charge in [-0.1, -0.05) is 30.3 Å². The van der Waals surface area contributed by atoms with E-state index in [1.54, 1.807) is 24.3 Å². The van der Waals surface area contributed by atoms with E-state index in [4.69, 9.17) is 0 Å². The predicted molar refractivity (Wildman–Crippen MR) is 108 cm³/mol. The summed E-state index contributed by atoms with van der Waals surface area (Å²) in [6.45, 7) is 6.28. The molecule has 0 bridgehead atoms. The van der Waals surface area contributed by atoms with Crippen molar-refractivity contribution in [1.82, 2.24) is 9.80 Å². The predicted octanol–water partition coefficient (Wildman–Crippen LogP) is 4.36. The van der Waals surface area contributed by atoms with Crippen molar-refractivity contribution in [2.45, 2.75) is 45.7 Å². The van der Waals surface area contributed by atoms with Crippen molar-refractivity contribution in [2.75, 3.05) is 13.1 Å². The molecular weight excluding hydrogens is 336 g/mol. The maximum absolute atomic E-state index is 13.0. The zero-order valence-electron chi connectivity index (χ0n) is 16.2. The second kappa shape index (κ2) is 8.85. The van der Waals surface area contributed by atoms with Gasteiger partial charge in [-0.05, 0) is 62.9 Å². The molecule has 2 amide bonds. The lowest BCUT2D eigenvalue weighted by Gasteiger charge is -2.28. The fourth-order valence-electron chi connectivity index (χ4n) is 3.47. The molecule has 2 aromatic carbocycles. The molecule has 2 aromatic rings. The number of rotatable bonds is 5. The summed E-state index contributed by atoms with van der Waals surface area (Å²) >= 11 is 0. The smallest absolute Gasteiger partial charge is 0.254 e. The van der Waals surface area contributed by atoms with E-state index in [1.807, 2.05) is 54.0 Å². The average Bonchev–Trinajstić information content (AvgIpc) is 2.72. The van der Waals surface area contributed by atoms with Gasteiger partial charge in [0.05, 0.1) is 0 Å². The van der Waals surface area contributed by atoms with Crippen LogP contribution in [0.3, 0.4) is 0 Å². The van der Waals surface area contributed by atoms with Crippen LogP contribution in [0.5, 0.6) is 0 Å². The number of nitrogens with zero attached hydrogens (tertiary/aromatic N) is 2. The van der Waals surface area contributed by atoms with E-state index >= 15 is 0 Å². The minimum Gasteiger partial charge on any atom is -0.339 e. The zero-order valence-corrected chi connectivity index (χ0v) is 16.2. The second-order valence-corrected chi connectivity index (χ2v) is 7.44. The monoisotopic (exact) mass is 364 g/mol. The molecule has 0 spiro atoms. The largest absolute Gasteiger partial charge is 0.339 e. The lowest BCUT2D eigenvalue weighted by molar-refractivity contribution is 0.0686. The van der Waals surface area contributed by atoms with Gasteiger partial charge in [0, 0.05) is 36.8 Å². The highest BCUT2D eigenvalue weighted by Gasteiger charge is 2.21. The minimum atomic E-state index is -0.00850. The molecule has 27 heavy (non-hydrogen) atoms. The maximum Gasteiger partial charge on any atom is 0.254 e. The summed E-state index contributed by atoms with van der Waals surface area (Å²) in [6.07, 6.45) is 3.35. The molecule has 0 unspecified atom stereocenters. The van der Waals surface area contributed by atoms with E-state index in [2.05, 4.69) is 0 Å². The van der Waals surface area contributed by atoms with Crippen LogP contribution in [-0.4, -0.2) is 40.7 Å². The molecule has 3 rings (SSSR count). The van der Waals surface area contributed by atoms with Crippen molar-refractivity contribution < 1.29 is 9.59 Å². The Morgan fingerprint density at radius 1 is 0.889 bits per heavy atom. The highest BCUT2D eigenvalue weighted by molar-refractivity contribution is 5.98. The molecule has 0 aromatic heterocycles. The molecule has 0 radical (unpaired) electrons. The van der Waals surface area contributed by atoms with Crippen molar-refractivity contribution in [2.24, 2.45) is 0 Å². The number of hydrogen-bond donors (Lipinski definition) is 0. The summed E-state index contributed by atoms with van der Waals surface area (Å²) in [6, 6.07) is 17.2. The summed E-state index contributed by atoms with van der Waals surface area (Å²) < 4.78 is 0. The van der Waals surface area contributed by atoms with Gasteiger partial charge < -0.3 is 9.80 Å². The Hall–Kier alpha value is -2.62. The van der Waals surface area contributed by atoms with E-state index in [-0.39, 0.29) is 17.9 Å². The highest BCUT2D eigenvalue weighted by atomic mass is 16.2. The van der Waals surface area contributed by atoms with E-state index in [0.29, 0.717) is 17.7 Å². The van der Waals surface area contributed by atoms with Gasteiger partial charge in [0.25, 0.3) is 11.8 Å². The summed E-state index contributed by atoms with van der Waals surface area (Å²) in [5.41, 5.74) is 2.39. The zero-order chi connectivity index (χ0) is 19.2. The van der Waals surface area contributed by atoms with Crippen LogP contribution in [0, 0.1) is 0 Å². The quantitative estimate of drug-likeness (QED) is 0.791. The van der Waals surface area contributed by atoms with Crippen LogP contribution in [0.4, 0.5) is 0 Å². The average molecular weight is 364 g/mol. The Bertz CT molecular complexity index is 763. The third kappa shape index (κ3) is 4.76. The van der Waals surface area contributed by atoms with Crippen LogP contribution >= 0.6 is 0 Å². The van der Waals surface area contributed by atoms with Gasteiger partial charge in [0.15, 0.2) is 0 Å². The first-order chi connectivity index (χ1) is 13.1. The molecule has 1 heterocycles. The van der Waals surface area contributed by atoms with Gasteiger partial charge >= 0.3 is 0 Å². The van der Waals surface area contributed by atoms with Crippen LogP contribution in [0.25, 0.3) is 0 Å². The summed E-state index contributed by atoms with van der Waals surface area (Å²) in [4.78, 5) is 29.4. The molecule has 0 aliphatic carbocycles. The topological polar surface area (TPSA) is 40.6 Å². The Morgan fingerprint density at radius 2 is 1.48 bits per heavy atom. The van der Waals surface area contributed by atoms with Crippen molar-refractivity contribution in [1.29, 1.82) is 0 Å². The Kier molecular flexibility index (Phi) is 6.28. The van der Waals surface area contributed by atoms with E-state index < -0.39 is 0 Å². The van der Waals surface area contributed by atoms with E-state index in [0.717, 1.165) is 31.5 Å². The molecule has 1 fully saturated rings. The van der Waals surface area contributed by atoms with Crippen LogP contribution in [-0.2, 0) is 6.54 Å². The standard InChI is InChI=1S/C23H28N2O2/c1-18(2)25(17-19-9-5-3-6-10-19)23(27)21-13-11-20(12-14-21)22(26)24-15-7-4-8-16-24/h3,5-6,9-14,18H,4,7-8,15-17H2,1-2H3. The number of amides is 2. The number of piperidine rings is 1. The third-order valence-electron chi connectivity index (χ3n) is 5.10. The minimum absolute atomic E-state index is 0.00850. The van der Waals surface area contributed by atoms with Gasteiger partial charge in [0.1, 0.15) is 0 Å². The Labute approximate surface area is 161 Å². The van der Waals surface area contributed by atoms with Gasteiger partial charge in [0.2, 0.25) is 0 Å². The fraction of sp³-hybridized carbons (Fsp3) is 0.391. The second-order valence-electron chi connectivity index (χ2n) is 7.44. The SMILES string of the molecule is CC(C)N(Cc1ccccc1)C(=O)c1ccc(C(=O)N2CCCCC2)cc1. The molecule has 4 nitrogen and oxygen atoms in total. The van der Waals surface area contributed by atoms with Crippen LogP contribution < -0.4 is 0 Å². The molecule has 1 saturated heterocycles. The molecule has 1 aliphatic rings. The van der Waals surface area contributed by atoms with Crippen molar-refractivity contribution >= 4 is 11.8 Å². The number of hydrogen-bond acceptors (Lipinski definition) is 2. The van der Waals surface area contributed by atoms with Gasteiger partial charge in [-0.3, -0.25) is 9.59 Å². The molecule has 1 aliphatic heterocycles. The number of carbonyl (C=O) groups is 2. The van der Waals surface area contributed by atoms with Gasteiger partial charge in [-0.15, -0.1) is 0 Å². The normalized spacial score (nSPS) is 14.3. The van der Waals surface area contributed by atoms with Crippen molar-refractivity contribution in [3.05, 3.63) is 71.3 Å². The molecule has 4 heteroatoms. The molecule has 0 atom stereocenters. The van der Waals surface area contributed by atoms with E-state index in [1.165, 1.54) is 6.42 Å². The first-order valence-corrected chi connectivity index (χ1v) is 9.80. The summed E-state index contributed by atoms with van der Waals surface area (Å²) in [5.74, 6) is 0.0597.